The number of hydrogen-bond acceptors (Lipinski definition) is 4. The second-order valence-electron chi connectivity index (χ2n) is 8.18. The zero-order chi connectivity index (χ0) is 21.3. The van der Waals surface area contributed by atoms with Gasteiger partial charge in [0.05, 0.1) is 19.8 Å². The van der Waals surface area contributed by atoms with Crippen molar-refractivity contribution in [3.05, 3.63) is 35.4 Å². The highest BCUT2D eigenvalue weighted by Crippen LogP contribution is 2.16. The third-order valence-corrected chi connectivity index (χ3v) is 5.12. The fourth-order valence-electron chi connectivity index (χ4n) is 3.33. The SMILES string of the molecule is CCNC(=NCC(C)(C)N1CCOCC1)NCCc1cccc(C(=O)N(C)C)c1. The first-order chi connectivity index (χ1) is 13.8. The molecular weight excluding hydrogens is 366 g/mol. The van der Waals surface area contributed by atoms with Gasteiger partial charge in [-0.1, -0.05) is 12.1 Å². The van der Waals surface area contributed by atoms with Gasteiger partial charge in [0.1, 0.15) is 0 Å². The van der Waals surface area contributed by atoms with Crippen molar-refractivity contribution in [1.82, 2.24) is 20.4 Å². The molecule has 1 aliphatic rings. The number of hydrogen-bond donors (Lipinski definition) is 2. The molecular formula is C22H37N5O2. The molecule has 0 unspecified atom stereocenters. The Bertz CT molecular complexity index is 682. The molecule has 0 bridgehead atoms. The summed E-state index contributed by atoms with van der Waals surface area (Å²) in [7, 11) is 3.54. The zero-order valence-electron chi connectivity index (χ0n) is 18.6. The van der Waals surface area contributed by atoms with Crippen molar-refractivity contribution in [3.63, 3.8) is 0 Å². The van der Waals surface area contributed by atoms with E-state index in [9.17, 15) is 4.79 Å². The molecule has 162 valence electrons. The Morgan fingerprint density at radius 1 is 1.24 bits per heavy atom. The summed E-state index contributed by atoms with van der Waals surface area (Å²) in [6.45, 7) is 12.3. The van der Waals surface area contributed by atoms with E-state index < -0.39 is 0 Å². The minimum Gasteiger partial charge on any atom is -0.379 e. The normalized spacial score (nSPS) is 15.8. The number of nitrogens with one attached hydrogen (secondary N) is 2. The summed E-state index contributed by atoms with van der Waals surface area (Å²) in [5.74, 6) is 0.856. The lowest BCUT2D eigenvalue weighted by atomic mass is 10.0. The number of benzene rings is 1. The number of rotatable bonds is 8. The third-order valence-electron chi connectivity index (χ3n) is 5.12. The molecule has 7 nitrogen and oxygen atoms in total. The van der Waals surface area contributed by atoms with E-state index in [2.05, 4.69) is 42.4 Å². The Balaban J connectivity index is 1.91. The van der Waals surface area contributed by atoms with Crippen molar-refractivity contribution >= 4 is 11.9 Å². The molecule has 0 aromatic heterocycles. The Morgan fingerprint density at radius 3 is 2.62 bits per heavy atom. The molecule has 1 aromatic rings. The maximum atomic E-state index is 12.1. The second kappa shape index (κ2) is 11.2. The first-order valence-corrected chi connectivity index (χ1v) is 10.5. The molecule has 0 saturated carbocycles. The fraction of sp³-hybridized carbons (Fsp3) is 0.636. The summed E-state index contributed by atoms with van der Waals surface area (Å²) in [5, 5.41) is 6.74. The van der Waals surface area contributed by atoms with Crippen LogP contribution in [0.15, 0.2) is 29.3 Å². The van der Waals surface area contributed by atoms with Crippen LogP contribution in [-0.2, 0) is 11.2 Å². The number of morpholine rings is 1. The quantitative estimate of drug-likeness (QED) is 0.510. The van der Waals surface area contributed by atoms with Gasteiger partial charge in [-0.2, -0.15) is 0 Å². The standard InChI is InChI=1S/C22H37N5O2/c1-6-23-21(25-17-22(2,3)27-12-14-29-15-13-27)24-11-10-18-8-7-9-19(16-18)20(28)26(4)5/h7-9,16H,6,10-15,17H2,1-5H3,(H2,23,24,25). The Labute approximate surface area is 175 Å². The molecule has 0 aliphatic carbocycles. The summed E-state index contributed by atoms with van der Waals surface area (Å²) in [6, 6.07) is 7.82. The Kier molecular flexibility index (Phi) is 8.92. The maximum Gasteiger partial charge on any atom is 0.253 e. The van der Waals surface area contributed by atoms with E-state index in [1.807, 2.05) is 18.2 Å². The molecule has 0 atom stereocenters. The number of carbonyl (C=O) groups is 1. The molecule has 1 amide bonds. The summed E-state index contributed by atoms with van der Waals surface area (Å²) < 4.78 is 5.46. The van der Waals surface area contributed by atoms with Gasteiger partial charge in [-0.05, 0) is 44.9 Å². The third kappa shape index (κ3) is 7.33. The Hall–Kier alpha value is -2.12. The van der Waals surface area contributed by atoms with Crippen molar-refractivity contribution in [2.75, 3.05) is 60.0 Å². The van der Waals surface area contributed by atoms with Crippen molar-refractivity contribution < 1.29 is 9.53 Å². The predicted molar refractivity (Wildman–Crippen MR) is 119 cm³/mol. The predicted octanol–water partition coefficient (Wildman–Crippen LogP) is 1.60. The molecule has 1 heterocycles. The van der Waals surface area contributed by atoms with E-state index in [0.29, 0.717) is 0 Å². The molecule has 1 aromatic carbocycles. The van der Waals surface area contributed by atoms with Crippen molar-refractivity contribution in [1.29, 1.82) is 0 Å². The lowest BCUT2D eigenvalue weighted by molar-refractivity contribution is -0.00683. The van der Waals surface area contributed by atoms with Gasteiger partial charge in [0, 0.05) is 51.4 Å². The smallest absolute Gasteiger partial charge is 0.253 e. The minimum absolute atomic E-state index is 0.00694. The van der Waals surface area contributed by atoms with Crippen molar-refractivity contribution in [2.45, 2.75) is 32.7 Å². The number of amides is 1. The highest BCUT2D eigenvalue weighted by Gasteiger charge is 2.28. The first-order valence-electron chi connectivity index (χ1n) is 10.5. The zero-order valence-corrected chi connectivity index (χ0v) is 18.6. The van der Waals surface area contributed by atoms with Crippen LogP contribution in [0.25, 0.3) is 0 Å². The van der Waals surface area contributed by atoms with E-state index in [1.165, 1.54) is 0 Å². The molecule has 1 aliphatic heterocycles. The number of aliphatic imine (C=N–C) groups is 1. The number of guanidine groups is 1. The van der Waals surface area contributed by atoms with Gasteiger partial charge in [-0.15, -0.1) is 0 Å². The highest BCUT2D eigenvalue weighted by molar-refractivity contribution is 5.94. The summed E-state index contributed by atoms with van der Waals surface area (Å²) in [6.07, 6.45) is 0.825. The number of ether oxygens (including phenoxy) is 1. The largest absolute Gasteiger partial charge is 0.379 e. The van der Waals surface area contributed by atoms with Crippen LogP contribution in [0.2, 0.25) is 0 Å². The van der Waals surface area contributed by atoms with Crippen LogP contribution in [-0.4, -0.2) is 87.2 Å². The van der Waals surface area contributed by atoms with Crippen molar-refractivity contribution in [2.24, 2.45) is 4.99 Å². The van der Waals surface area contributed by atoms with Gasteiger partial charge in [0.2, 0.25) is 0 Å². The van der Waals surface area contributed by atoms with Crippen molar-refractivity contribution in [3.8, 4) is 0 Å². The molecule has 1 fully saturated rings. The number of nitrogens with zero attached hydrogens (tertiary/aromatic N) is 3. The van der Waals surface area contributed by atoms with Gasteiger partial charge in [0.15, 0.2) is 5.96 Å². The van der Waals surface area contributed by atoms with E-state index >= 15 is 0 Å². The molecule has 2 rings (SSSR count). The average molecular weight is 404 g/mol. The van der Waals surface area contributed by atoms with Gasteiger partial charge < -0.3 is 20.3 Å². The van der Waals surface area contributed by atoms with Crippen LogP contribution in [0.4, 0.5) is 0 Å². The molecule has 29 heavy (non-hydrogen) atoms. The molecule has 7 heteroatoms. The lowest BCUT2D eigenvalue weighted by Crippen LogP contribution is -2.52. The minimum atomic E-state index is -0.00694. The highest BCUT2D eigenvalue weighted by atomic mass is 16.5. The summed E-state index contributed by atoms with van der Waals surface area (Å²) >= 11 is 0. The van der Waals surface area contributed by atoms with Gasteiger partial charge in [-0.25, -0.2) is 0 Å². The maximum absolute atomic E-state index is 12.1. The van der Waals surface area contributed by atoms with E-state index in [0.717, 1.165) is 69.4 Å². The monoisotopic (exact) mass is 403 g/mol. The van der Waals surface area contributed by atoms with E-state index in [4.69, 9.17) is 9.73 Å². The fourth-order valence-corrected chi connectivity index (χ4v) is 3.33. The van der Waals surface area contributed by atoms with E-state index in [-0.39, 0.29) is 11.4 Å². The van der Waals surface area contributed by atoms with Crippen LogP contribution in [0, 0.1) is 0 Å². The van der Waals surface area contributed by atoms with Crippen LogP contribution in [0.1, 0.15) is 36.7 Å². The van der Waals surface area contributed by atoms with Crippen LogP contribution in [0.3, 0.4) is 0 Å². The molecule has 0 spiro atoms. The Morgan fingerprint density at radius 2 is 1.97 bits per heavy atom. The summed E-state index contributed by atoms with van der Waals surface area (Å²) in [5.41, 5.74) is 1.85. The van der Waals surface area contributed by atoms with Gasteiger partial charge in [-0.3, -0.25) is 14.7 Å². The molecule has 2 N–H and O–H groups in total. The van der Waals surface area contributed by atoms with Gasteiger partial charge >= 0.3 is 0 Å². The van der Waals surface area contributed by atoms with E-state index in [1.54, 1.807) is 19.0 Å². The van der Waals surface area contributed by atoms with Crippen LogP contribution in [0.5, 0.6) is 0 Å². The van der Waals surface area contributed by atoms with Gasteiger partial charge in [0.25, 0.3) is 5.91 Å². The number of carbonyl (C=O) groups excluding carboxylic acids is 1. The molecule has 1 saturated heterocycles. The average Bonchev–Trinajstić information content (AvgIpc) is 2.72. The van der Waals surface area contributed by atoms with Crippen LogP contribution >= 0.6 is 0 Å². The van der Waals surface area contributed by atoms with Crippen LogP contribution < -0.4 is 10.6 Å². The second-order valence-corrected chi connectivity index (χ2v) is 8.18. The lowest BCUT2D eigenvalue weighted by Gasteiger charge is -2.39. The first kappa shape index (κ1) is 23.2. The summed E-state index contributed by atoms with van der Waals surface area (Å²) in [4.78, 5) is 21.0. The molecule has 0 radical (unpaired) electrons. The topological polar surface area (TPSA) is 69.2 Å².